The van der Waals surface area contributed by atoms with E-state index >= 15 is 0 Å². The summed E-state index contributed by atoms with van der Waals surface area (Å²) < 4.78 is 0. The predicted octanol–water partition coefficient (Wildman–Crippen LogP) is 4.38. The van der Waals surface area contributed by atoms with Gasteiger partial charge in [-0.3, -0.25) is 20.1 Å². The highest BCUT2D eigenvalue weighted by atomic mass is 16.6. The van der Waals surface area contributed by atoms with Crippen LogP contribution in [0.25, 0.3) is 21.8 Å². The second-order valence-corrected chi connectivity index (χ2v) is 4.83. The number of fused-ring (bicyclic) bond motifs is 2. The minimum Gasteiger partial charge on any atom is -0.258 e. The Labute approximate surface area is 132 Å². The van der Waals surface area contributed by atoms with Crippen molar-refractivity contribution in [2.24, 2.45) is 0 Å². The van der Waals surface area contributed by atoms with Gasteiger partial charge in [0, 0.05) is 35.3 Å². The Morgan fingerprint density at radius 2 is 1.35 bits per heavy atom. The highest BCUT2D eigenvalue weighted by Crippen LogP contribution is 2.18. The van der Waals surface area contributed by atoms with E-state index in [2.05, 4.69) is 22.1 Å². The maximum absolute atomic E-state index is 10.4. The van der Waals surface area contributed by atoms with Crippen LogP contribution < -0.4 is 0 Å². The van der Waals surface area contributed by atoms with E-state index in [0.29, 0.717) is 0 Å². The molecule has 5 heteroatoms. The molecule has 0 radical (unpaired) electrons. The lowest BCUT2D eigenvalue weighted by atomic mass is 10.2. The molecule has 4 rings (SSSR count). The molecule has 0 atom stereocenters. The molecule has 0 aliphatic heterocycles. The Bertz CT molecular complexity index is 905. The molecule has 0 unspecified atom stereocenters. The molecule has 0 bridgehead atoms. The van der Waals surface area contributed by atoms with Gasteiger partial charge in [-0.2, -0.15) is 0 Å². The summed E-state index contributed by atoms with van der Waals surface area (Å²) in [6.45, 7) is 0. The van der Waals surface area contributed by atoms with E-state index in [-0.39, 0.29) is 5.69 Å². The SMILES string of the molecule is O=[N+]([O-])c1ccc2ncccc2c1.c1ccc2ncccc2c1. The lowest BCUT2D eigenvalue weighted by Crippen LogP contribution is -1.87. The van der Waals surface area contributed by atoms with Crippen molar-refractivity contribution in [3.8, 4) is 0 Å². The number of rotatable bonds is 1. The van der Waals surface area contributed by atoms with Crippen LogP contribution in [0.3, 0.4) is 0 Å². The number of benzene rings is 2. The first kappa shape index (κ1) is 14.6. The lowest BCUT2D eigenvalue weighted by molar-refractivity contribution is -0.384. The second kappa shape index (κ2) is 6.62. The first-order valence-corrected chi connectivity index (χ1v) is 7.03. The zero-order valence-corrected chi connectivity index (χ0v) is 12.2. The van der Waals surface area contributed by atoms with Gasteiger partial charge in [0.1, 0.15) is 0 Å². The largest absolute Gasteiger partial charge is 0.270 e. The zero-order valence-electron chi connectivity index (χ0n) is 12.2. The fourth-order valence-corrected chi connectivity index (χ4v) is 2.19. The molecule has 5 nitrogen and oxygen atoms in total. The van der Waals surface area contributed by atoms with E-state index in [9.17, 15) is 10.1 Å². The van der Waals surface area contributed by atoms with Gasteiger partial charge < -0.3 is 0 Å². The van der Waals surface area contributed by atoms with Crippen LogP contribution >= 0.6 is 0 Å². The number of non-ortho nitro benzene ring substituents is 1. The number of aromatic nitrogens is 2. The molecule has 0 amide bonds. The highest BCUT2D eigenvalue weighted by Gasteiger charge is 2.04. The van der Waals surface area contributed by atoms with Crippen LogP contribution in [0.15, 0.2) is 79.1 Å². The third kappa shape index (κ3) is 3.47. The molecule has 2 heterocycles. The fraction of sp³-hybridized carbons (Fsp3) is 0. The molecule has 4 aromatic rings. The zero-order chi connectivity index (χ0) is 16.1. The smallest absolute Gasteiger partial charge is 0.258 e. The first-order valence-electron chi connectivity index (χ1n) is 7.03. The summed E-state index contributed by atoms with van der Waals surface area (Å²) in [5, 5.41) is 12.4. The topological polar surface area (TPSA) is 68.9 Å². The molecular weight excluding hydrogens is 290 g/mol. The summed E-state index contributed by atoms with van der Waals surface area (Å²) in [7, 11) is 0. The van der Waals surface area contributed by atoms with Gasteiger partial charge >= 0.3 is 0 Å². The average molecular weight is 303 g/mol. The molecule has 0 spiro atoms. The minimum atomic E-state index is -0.410. The van der Waals surface area contributed by atoms with Crippen LogP contribution in [0.1, 0.15) is 0 Å². The molecule has 0 saturated carbocycles. The molecule has 0 aliphatic carbocycles. The van der Waals surface area contributed by atoms with Crippen LogP contribution in [0.4, 0.5) is 5.69 Å². The number of hydrogen-bond acceptors (Lipinski definition) is 4. The first-order chi connectivity index (χ1) is 11.2. The van der Waals surface area contributed by atoms with E-state index < -0.39 is 4.92 Å². The summed E-state index contributed by atoms with van der Waals surface area (Å²) in [6, 6.07) is 20.3. The number of nitro groups is 1. The minimum absolute atomic E-state index is 0.0977. The maximum Gasteiger partial charge on any atom is 0.270 e. The van der Waals surface area contributed by atoms with Gasteiger partial charge in [-0.05, 0) is 24.3 Å². The van der Waals surface area contributed by atoms with Crippen LogP contribution in [-0.2, 0) is 0 Å². The predicted molar refractivity (Wildman–Crippen MR) is 90.1 cm³/mol. The average Bonchev–Trinajstić information content (AvgIpc) is 2.62. The van der Waals surface area contributed by atoms with Crippen molar-refractivity contribution in [3.05, 3.63) is 89.2 Å². The van der Waals surface area contributed by atoms with Crippen LogP contribution in [0.2, 0.25) is 0 Å². The number of para-hydroxylation sites is 1. The van der Waals surface area contributed by atoms with Crippen molar-refractivity contribution in [1.29, 1.82) is 0 Å². The third-order valence-electron chi connectivity index (χ3n) is 3.31. The lowest BCUT2D eigenvalue weighted by Gasteiger charge is -1.95. The summed E-state index contributed by atoms with van der Waals surface area (Å²) in [4.78, 5) is 18.3. The summed E-state index contributed by atoms with van der Waals surface area (Å²) in [5.41, 5.74) is 1.93. The summed E-state index contributed by atoms with van der Waals surface area (Å²) in [5.74, 6) is 0. The number of nitrogens with zero attached hydrogens (tertiary/aromatic N) is 3. The van der Waals surface area contributed by atoms with Crippen molar-refractivity contribution in [2.75, 3.05) is 0 Å². The monoisotopic (exact) mass is 303 g/mol. The molecule has 0 fully saturated rings. The van der Waals surface area contributed by atoms with Crippen molar-refractivity contribution in [3.63, 3.8) is 0 Å². The van der Waals surface area contributed by atoms with E-state index in [1.165, 1.54) is 17.5 Å². The molecule has 2 aromatic carbocycles. The van der Waals surface area contributed by atoms with Gasteiger partial charge in [0.05, 0.1) is 16.0 Å². The van der Waals surface area contributed by atoms with Crippen molar-refractivity contribution >= 4 is 27.5 Å². The molecule has 0 N–H and O–H groups in total. The van der Waals surface area contributed by atoms with Crippen molar-refractivity contribution < 1.29 is 4.92 Å². The number of hydrogen-bond donors (Lipinski definition) is 0. The van der Waals surface area contributed by atoms with Gasteiger partial charge in [0.25, 0.3) is 5.69 Å². The summed E-state index contributed by atoms with van der Waals surface area (Å²) >= 11 is 0. The van der Waals surface area contributed by atoms with E-state index in [0.717, 1.165) is 16.4 Å². The van der Waals surface area contributed by atoms with Gasteiger partial charge in [0.15, 0.2) is 0 Å². The molecule has 23 heavy (non-hydrogen) atoms. The van der Waals surface area contributed by atoms with Crippen LogP contribution in [0, 0.1) is 10.1 Å². The molecule has 0 saturated heterocycles. The Hall–Kier alpha value is -3.34. The number of nitro benzene ring substituents is 1. The Morgan fingerprint density at radius 3 is 2.04 bits per heavy atom. The van der Waals surface area contributed by atoms with Gasteiger partial charge in [-0.1, -0.05) is 30.3 Å². The van der Waals surface area contributed by atoms with Gasteiger partial charge in [-0.25, -0.2) is 0 Å². The van der Waals surface area contributed by atoms with Crippen molar-refractivity contribution in [2.45, 2.75) is 0 Å². The second-order valence-electron chi connectivity index (χ2n) is 4.83. The normalized spacial score (nSPS) is 10.1. The standard InChI is InChI=1S/C9H6N2O2.C9H7N/c12-11(13)8-3-4-9-7(6-8)2-1-5-10-9;1-2-6-9-8(4-1)5-3-7-10-9/h1-6H;1-7H. The Kier molecular flexibility index (Phi) is 4.20. The number of pyridine rings is 2. The molecular formula is C18H13N3O2. The third-order valence-corrected chi connectivity index (χ3v) is 3.31. The van der Waals surface area contributed by atoms with Gasteiger partial charge in [-0.15, -0.1) is 0 Å². The van der Waals surface area contributed by atoms with Crippen molar-refractivity contribution in [1.82, 2.24) is 9.97 Å². The van der Waals surface area contributed by atoms with Crippen LogP contribution in [-0.4, -0.2) is 14.9 Å². The Balaban J connectivity index is 0.000000140. The summed E-state index contributed by atoms with van der Waals surface area (Å²) in [6.07, 6.45) is 3.47. The maximum atomic E-state index is 10.4. The van der Waals surface area contributed by atoms with Crippen LogP contribution in [0.5, 0.6) is 0 Å². The van der Waals surface area contributed by atoms with E-state index in [4.69, 9.17) is 0 Å². The Morgan fingerprint density at radius 1 is 0.739 bits per heavy atom. The molecule has 112 valence electrons. The fourth-order valence-electron chi connectivity index (χ4n) is 2.19. The highest BCUT2D eigenvalue weighted by molar-refractivity contribution is 5.80. The molecule has 0 aliphatic rings. The van der Waals surface area contributed by atoms with E-state index in [1.807, 2.05) is 30.5 Å². The quantitative estimate of drug-likeness (QED) is 0.386. The van der Waals surface area contributed by atoms with E-state index in [1.54, 1.807) is 24.4 Å². The van der Waals surface area contributed by atoms with Gasteiger partial charge in [0.2, 0.25) is 0 Å². The molecule has 2 aromatic heterocycles.